The van der Waals surface area contributed by atoms with Gasteiger partial charge in [0.05, 0.1) is 0 Å². The van der Waals surface area contributed by atoms with Crippen LogP contribution in [0.15, 0.2) is 18.2 Å². The number of benzene rings is 1. The molecule has 0 bridgehead atoms. The zero-order valence-corrected chi connectivity index (χ0v) is 11.3. The van der Waals surface area contributed by atoms with Crippen LogP contribution in [0.5, 0.6) is 0 Å². The molecule has 0 radical (unpaired) electrons. The Morgan fingerprint density at radius 1 is 1.20 bits per heavy atom. The molecule has 0 N–H and O–H groups in total. The Balaban J connectivity index is 3.10. The van der Waals surface area contributed by atoms with Gasteiger partial charge in [-0.2, -0.15) is 0 Å². The molecule has 0 heterocycles. The van der Waals surface area contributed by atoms with E-state index in [2.05, 4.69) is 51.8 Å². The summed E-state index contributed by atoms with van der Waals surface area (Å²) >= 11 is 1.91. The Morgan fingerprint density at radius 2 is 1.87 bits per heavy atom. The first-order chi connectivity index (χ1) is 7.10. The lowest BCUT2D eigenvalue weighted by atomic mass is 9.47. The van der Waals surface area contributed by atoms with E-state index >= 15 is 0 Å². The van der Waals surface area contributed by atoms with Crippen molar-refractivity contribution in [2.45, 2.75) is 33.8 Å². The molecule has 0 saturated heterocycles. The molecule has 0 fully saturated rings. The summed E-state index contributed by atoms with van der Waals surface area (Å²) in [6.45, 7) is 9.70. The largest absolute Gasteiger partial charge is 0.238 e. The predicted octanol–water partition coefficient (Wildman–Crippen LogP) is 2.40. The van der Waals surface area contributed by atoms with Crippen molar-refractivity contribution in [1.29, 1.82) is 0 Å². The summed E-state index contributed by atoms with van der Waals surface area (Å²) in [6, 6.07) is 6.98. The van der Waals surface area contributed by atoms with E-state index in [-0.39, 0.29) is 0 Å². The van der Waals surface area contributed by atoms with E-state index in [1.807, 2.05) is 11.6 Å². The van der Waals surface area contributed by atoms with E-state index in [0.717, 1.165) is 6.42 Å². The Bertz CT molecular complexity index is 323. The van der Waals surface area contributed by atoms with Crippen molar-refractivity contribution in [2.24, 2.45) is 0 Å². The van der Waals surface area contributed by atoms with Crippen LogP contribution < -0.4 is 10.9 Å². The fourth-order valence-corrected chi connectivity index (χ4v) is 2.28. The minimum Gasteiger partial charge on any atom is -0.207 e. The summed E-state index contributed by atoms with van der Waals surface area (Å²) in [6.07, 6.45) is 3.31. The highest BCUT2D eigenvalue weighted by atomic mass is 32.2. The summed E-state index contributed by atoms with van der Waals surface area (Å²) in [5.41, 5.74) is 4.49. The fraction of sp³-hybridized carbons (Fsp3) is 0.500. The topological polar surface area (TPSA) is 0 Å². The lowest BCUT2D eigenvalue weighted by molar-refractivity contribution is 1.15. The average molecular weight is 218 g/mol. The summed E-state index contributed by atoms with van der Waals surface area (Å²) < 4.78 is 0. The molecule has 15 heavy (non-hydrogen) atoms. The zero-order valence-electron chi connectivity index (χ0n) is 10.5. The smallest absolute Gasteiger partial charge is 0.207 e. The Hall–Kier alpha value is -0.300. The normalized spacial score (nSPS) is 10.2. The van der Waals surface area contributed by atoms with E-state index in [1.165, 1.54) is 16.5 Å². The van der Waals surface area contributed by atoms with Crippen LogP contribution in [0.1, 0.15) is 12.5 Å². The van der Waals surface area contributed by atoms with Crippen molar-refractivity contribution < 1.29 is 0 Å². The Morgan fingerprint density at radius 3 is 2.33 bits per heavy atom. The van der Waals surface area contributed by atoms with Crippen LogP contribution in [-0.2, 0) is 6.42 Å². The van der Waals surface area contributed by atoms with Gasteiger partial charge in [-0.25, -0.2) is 11.6 Å². The Kier molecular flexibility index (Phi) is 4.85. The van der Waals surface area contributed by atoms with Crippen molar-refractivity contribution in [2.75, 3.05) is 6.26 Å². The third-order valence-electron chi connectivity index (χ3n) is 3.00. The second kappa shape index (κ2) is 5.69. The van der Waals surface area contributed by atoms with Crippen LogP contribution in [0.4, 0.5) is 0 Å². The van der Waals surface area contributed by atoms with Crippen molar-refractivity contribution >= 4 is 35.2 Å². The fourth-order valence-electron chi connectivity index (χ4n) is 1.86. The van der Waals surface area contributed by atoms with Gasteiger partial charge >= 0.3 is 0 Å². The van der Waals surface area contributed by atoms with E-state index in [9.17, 15) is 0 Å². The summed E-state index contributed by atoms with van der Waals surface area (Å²) in [7, 11) is 0. The van der Waals surface area contributed by atoms with Gasteiger partial charge in [-0.3, -0.25) is 0 Å². The van der Waals surface area contributed by atoms with Crippen molar-refractivity contribution in [3.05, 3.63) is 23.8 Å². The highest BCUT2D eigenvalue weighted by Gasteiger charge is 2.13. The first kappa shape index (κ1) is 12.8. The van der Waals surface area contributed by atoms with E-state index in [4.69, 9.17) is 0 Å². The monoisotopic (exact) mass is 218 g/mol. The van der Waals surface area contributed by atoms with Crippen molar-refractivity contribution in [3.63, 3.8) is 0 Å². The van der Waals surface area contributed by atoms with Crippen LogP contribution in [-0.4, -0.2) is 19.0 Å². The van der Waals surface area contributed by atoms with Crippen molar-refractivity contribution in [1.82, 2.24) is 0 Å². The lowest BCUT2D eigenvalue weighted by Crippen LogP contribution is -2.34. The number of rotatable bonds is 4. The molecule has 0 aliphatic carbocycles. The molecule has 1 aromatic rings. The molecule has 0 atom stereocenters. The Labute approximate surface area is 99.3 Å². The maximum absolute atomic E-state index is 2.39. The molecule has 3 heteroatoms. The first-order valence-electron chi connectivity index (χ1n) is 5.75. The second-order valence-corrected chi connectivity index (χ2v) is 5.52. The van der Waals surface area contributed by atoms with Crippen LogP contribution >= 0.6 is 11.6 Å². The van der Waals surface area contributed by atoms with Crippen LogP contribution in [0, 0.1) is 0 Å². The van der Waals surface area contributed by atoms with Gasteiger partial charge in [-0.1, -0.05) is 62.1 Å². The van der Waals surface area contributed by atoms with Gasteiger partial charge in [0.25, 0.3) is 0 Å². The van der Waals surface area contributed by atoms with Crippen LogP contribution in [0.3, 0.4) is 0 Å². The van der Waals surface area contributed by atoms with Crippen LogP contribution in [0.25, 0.3) is 0 Å². The first-order valence-corrected chi connectivity index (χ1v) is 7.04. The summed E-state index contributed by atoms with van der Waals surface area (Å²) in [4.78, 5) is 0. The minimum atomic E-state index is 0.605. The van der Waals surface area contributed by atoms with Gasteiger partial charge < -0.3 is 0 Å². The highest BCUT2D eigenvalue weighted by Crippen LogP contribution is 2.04. The van der Waals surface area contributed by atoms with Crippen LogP contribution in [0.2, 0.25) is 20.5 Å². The zero-order chi connectivity index (χ0) is 11.4. The maximum atomic E-state index is 2.39. The number of hydrogen-bond donors (Lipinski definition) is 0. The molecule has 0 aromatic heterocycles. The molecular weight excluding hydrogens is 198 g/mol. The third kappa shape index (κ3) is 3.07. The SMILES string of the molecule is CCc1ccc(B(C)SC)cc1B(C)C. The van der Waals surface area contributed by atoms with E-state index in [1.54, 1.807) is 0 Å². The summed E-state index contributed by atoms with van der Waals surface area (Å²) in [5.74, 6) is 0.605. The van der Waals surface area contributed by atoms with Gasteiger partial charge in [0.1, 0.15) is 0 Å². The standard InChI is InChI=1S/C12H20B2S/c1-6-10-7-8-11(14(4)15-5)9-12(10)13(2)3/h7-9H,6H2,1-5H3. The van der Waals surface area contributed by atoms with Gasteiger partial charge in [-0.15, -0.1) is 0 Å². The molecule has 80 valence electrons. The van der Waals surface area contributed by atoms with E-state index < -0.39 is 0 Å². The van der Waals surface area contributed by atoms with Gasteiger partial charge in [0.15, 0.2) is 6.71 Å². The summed E-state index contributed by atoms with van der Waals surface area (Å²) in [5, 5.41) is 0. The second-order valence-electron chi connectivity index (χ2n) is 4.34. The average Bonchev–Trinajstić information content (AvgIpc) is 2.27. The molecule has 0 spiro atoms. The highest BCUT2D eigenvalue weighted by molar-refractivity contribution is 8.26. The molecule has 0 aliphatic heterocycles. The number of aryl methyl sites for hydroxylation is 1. The lowest BCUT2D eigenvalue weighted by Gasteiger charge is -2.13. The van der Waals surface area contributed by atoms with Gasteiger partial charge in [0, 0.05) is 0 Å². The molecular formula is C12H20B2S. The van der Waals surface area contributed by atoms with Gasteiger partial charge in [0.2, 0.25) is 5.99 Å². The molecule has 0 amide bonds. The number of hydrogen-bond acceptors (Lipinski definition) is 1. The molecule has 1 aromatic carbocycles. The predicted molar refractivity (Wildman–Crippen MR) is 77.7 cm³/mol. The van der Waals surface area contributed by atoms with Gasteiger partial charge in [-0.05, 0) is 12.7 Å². The quantitative estimate of drug-likeness (QED) is 0.699. The maximum Gasteiger partial charge on any atom is 0.238 e. The van der Waals surface area contributed by atoms with Crippen molar-refractivity contribution in [3.8, 4) is 0 Å². The molecule has 0 nitrogen and oxygen atoms in total. The molecule has 0 aliphatic rings. The molecule has 0 saturated carbocycles. The molecule has 0 unspecified atom stereocenters. The molecule has 1 rings (SSSR count). The third-order valence-corrected chi connectivity index (χ3v) is 3.98. The van der Waals surface area contributed by atoms with E-state index in [0.29, 0.717) is 12.7 Å². The minimum absolute atomic E-state index is 0.605.